The van der Waals surface area contributed by atoms with Crippen LogP contribution in [0.5, 0.6) is 0 Å². The first-order valence-electron chi connectivity index (χ1n) is 5.19. The fourth-order valence-electron chi connectivity index (χ4n) is 1.91. The molecule has 86 valence electrons. The van der Waals surface area contributed by atoms with Gasteiger partial charge in [0.15, 0.2) is 5.78 Å². The van der Waals surface area contributed by atoms with Crippen molar-refractivity contribution in [3.63, 3.8) is 0 Å². The van der Waals surface area contributed by atoms with Crippen molar-refractivity contribution in [1.82, 2.24) is 0 Å². The van der Waals surface area contributed by atoms with Crippen LogP contribution in [0.3, 0.4) is 0 Å². The maximum absolute atomic E-state index is 13.5. The van der Waals surface area contributed by atoms with Gasteiger partial charge in [-0.15, -0.1) is 0 Å². The van der Waals surface area contributed by atoms with Crippen molar-refractivity contribution in [2.45, 2.75) is 19.4 Å². The van der Waals surface area contributed by atoms with E-state index in [1.54, 1.807) is 0 Å². The lowest BCUT2D eigenvalue weighted by Crippen LogP contribution is -2.16. The topological polar surface area (TPSA) is 26.3 Å². The van der Waals surface area contributed by atoms with Gasteiger partial charge in [0.1, 0.15) is 5.82 Å². The summed E-state index contributed by atoms with van der Waals surface area (Å²) >= 11 is 5.63. The molecule has 1 saturated heterocycles. The van der Waals surface area contributed by atoms with Gasteiger partial charge in [0, 0.05) is 10.9 Å². The zero-order chi connectivity index (χ0) is 11.7. The highest BCUT2D eigenvalue weighted by atomic mass is 35.5. The maximum atomic E-state index is 13.5. The van der Waals surface area contributed by atoms with Crippen molar-refractivity contribution in [2.24, 2.45) is 5.92 Å². The van der Waals surface area contributed by atoms with Gasteiger partial charge in [0.25, 0.3) is 0 Å². The lowest BCUT2D eigenvalue weighted by atomic mass is 9.95. The molecule has 16 heavy (non-hydrogen) atoms. The van der Waals surface area contributed by atoms with E-state index >= 15 is 0 Å². The number of ketones is 1. The third-order valence-electron chi connectivity index (χ3n) is 2.77. The SMILES string of the molecule is CC1CC(C(=O)c2ccc(Cl)cc2F)CO1. The molecule has 2 rings (SSSR count). The van der Waals surface area contributed by atoms with E-state index in [1.165, 1.54) is 12.1 Å². The molecule has 0 aliphatic carbocycles. The third kappa shape index (κ3) is 2.25. The number of halogens is 2. The standard InChI is InChI=1S/C12H12ClFO2/c1-7-4-8(6-16-7)12(15)10-3-2-9(13)5-11(10)14/h2-3,5,7-8H,4,6H2,1H3. The van der Waals surface area contributed by atoms with Crippen LogP contribution in [-0.2, 0) is 4.74 Å². The molecule has 2 unspecified atom stereocenters. The van der Waals surface area contributed by atoms with Crippen molar-refractivity contribution in [3.05, 3.63) is 34.6 Å². The minimum absolute atomic E-state index is 0.0734. The highest BCUT2D eigenvalue weighted by Crippen LogP contribution is 2.25. The Hall–Kier alpha value is -0.930. The molecule has 0 spiro atoms. The second kappa shape index (κ2) is 4.52. The Morgan fingerprint density at radius 1 is 1.56 bits per heavy atom. The Balaban J connectivity index is 2.21. The highest BCUT2D eigenvalue weighted by molar-refractivity contribution is 6.30. The Kier molecular flexibility index (Phi) is 3.26. The number of Topliss-reactive ketones (excluding diaryl/α,β-unsaturated/α-hetero) is 1. The van der Waals surface area contributed by atoms with E-state index in [2.05, 4.69) is 0 Å². The van der Waals surface area contributed by atoms with Gasteiger partial charge in [-0.25, -0.2) is 4.39 Å². The third-order valence-corrected chi connectivity index (χ3v) is 3.00. The average Bonchev–Trinajstić information content (AvgIpc) is 2.64. The molecule has 1 fully saturated rings. The Labute approximate surface area is 98.4 Å². The van der Waals surface area contributed by atoms with Crippen LogP contribution < -0.4 is 0 Å². The summed E-state index contributed by atoms with van der Waals surface area (Å²) in [5, 5.41) is 0.296. The predicted molar refractivity (Wildman–Crippen MR) is 59.3 cm³/mol. The number of hydrogen-bond donors (Lipinski definition) is 0. The first-order valence-corrected chi connectivity index (χ1v) is 5.56. The van der Waals surface area contributed by atoms with Crippen molar-refractivity contribution in [3.8, 4) is 0 Å². The molecule has 0 aromatic heterocycles. The molecule has 1 aliphatic heterocycles. The van der Waals surface area contributed by atoms with E-state index in [0.717, 1.165) is 6.07 Å². The number of carbonyl (C=O) groups excluding carboxylic acids is 1. The second-order valence-corrected chi connectivity index (χ2v) is 4.50. The molecule has 0 saturated carbocycles. The first-order chi connectivity index (χ1) is 7.58. The quantitative estimate of drug-likeness (QED) is 0.745. The summed E-state index contributed by atoms with van der Waals surface area (Å²) in [6.07, 6.45) is 0.727. The molecule has 0 N–H and O–H groups in total. The predicted octanol–water partition coefficient (Wildman–Crippen LogP) is 3.09. The van der Waals surface area contributed by atoms with Crippen LogP contribution in [0.25, 0.3) is 0 Å². The summed E-state index contributed by atoms with van der Waals surface area (Å²) in [6.45, 7) is 2.29. The number of benzene rings is 1. The van der Waals surface area contributed by atoms with Gasteiger partial charge in [0.2, 0.25) is 0 Å². The zero-order valence-corrected chi connectivity index (χ0v) is 9.63. The van der Waals surface area contributed by atoms with Crippen molar-refractivity contribution < 1.29 is 13.9 Å². The molecular formula is C12H12ClFO2. The fraction of sp³-hybridized carbons (Fsp3) is 0.417. The fourth-order valence-corrected chi connectivity index (χ4v) is 2.07. The number of ether oxygens (including phenoxy) is 1. The summed E-state index contributed by atoms with van der Waals surface area (Å²) in [7, 11) is 0. The van der Waals surface area contributed by atoms with Gasteiger partial charge in [0.05, 0.1) is 18.3 Å². The van der Waals surface area contributed by atoms with E-state index in [0.29, 0.717) is 18.1 Å². The minimum Gasteiger partial charge on any atom is -0.378 e. The molecule has 1 heterocycles. The van der Waals surface area contributed by atoms with Gasteiger partial charge >= 0.3 is 0 Å². The van der Waals surface area contributed by atoms with Crippen LogP contribution >= 0.6 is 11.6 Å². The van der Waals surface area contributed by atoms with E-state index < -0.39 is 5.82 Å². The van der Waals surface area contributed by atoms with Gasteiger partial charge in [-0.1, -0.05) is 11.6 Å². The summed E-state index contributed by atoms with van der Waals surface area (Å²) < 4.78 is 18.8. The van der Waals surface area contributed by atoms with E-state index in [-0.39, 0.29) is 23.4 Å². The molecule has 1 aromatic carbocycles. The molecule has 2 atom stereocenters. The minimum atomic E-state index is -0.558. The van der Waals surface area contributed by atoms with E-state index in [9.17, 15) is 9.18 Å². The van der Waals surface area contributed by atoms with E-state index in [4.69, 9.17) is 16.3 Å². The Morgan fingerprint density at radius 3 is 2.88 bits per heavy atom. The summed E-state index contributed by atoms with van der Waals surface area (Å²) in [4.78, 5) is 12.0. The molecule has 0 amide bonds. The Bertz CT molecular complexity index is 419. The van der Waals surface area contributed by atoms with Gasteiger partial charge < -0.3 is 4.74 Å². The zero-order valence-electron chi connectivity index (χ0n) is 8.87. The Morgan fingerprint density at radius 2 is 2.31 bits per heavy atom. The normalized spacial score (nSPS) is 24.7. The van der Waals surface area contributed by atoms with Gasteiger partial charge in [-0.2, -0.15) is 0 Å². The van der Waals surface area contributed by atoms with Crippen LogP contribution in [0.15, 0.2) is 18.2 Å². The molecule has 0 bridgehead atoms. The van der Waals surface area contributed by atoms with E-state index in [1.807, 2.05) is 6.92 Å². The lowest BCUT2D eigenvalue weighted by Gasteiger charge is -2.07. The smallest absolute Gasteiger partial charge is 0.171 e. The van der Waals surface area contributed by atoms with Crippen molar-refractivity contribution in [2.75, 3.05) is 6.61 Å². The summed E-state index contributed by atoms with van der Waals surface area (Å²) in [5.41, 5.74) is 0.104. The van der Waals surface area contributed by atoms with Crippen LogP contribution in [0.4, 0.5) is 4.39 Å². The summed E-state index contributed by atoms with van der Waals surface area (Å²) in [5.74, 6) is -0.985. The molecule has 0 radical (unpaired) electrons. The van der Waals surface area contributed by atoms with Crippen molar-refractivity contribution >= 4 is 17.4 Å². The number of hydrogen-bond acceptors (Lipinski definition) is 2. The monoisotopic (exact) mass is 242 g/mol. The van der Waals surface area contributed by atoms with Crippen LogP contribution in [0.2, 0.25) is 5.02 Å². The second-order valence-electron chi connectivity index (χ2n) is 4.06. The van der Waals surface area contributed by atoms with Crippen molar-refractivity contribution in [1.29, 1.82) is 0 Å². The maximum Gasteiger partial charge on any atom is 0.171 e. The van der Waals surface area contributed by atoms with Crippen LogP contribution in [-0.4, -0.2) is 18.5 Å². The molecular weight excluding hydrogens is 231 g/mol. The van der Waals surface area contributed by atoms with Gasteiger partial charge in [-0.05, 0) is 31.5 Å². The molecule has 2 nitrogen and oxygen atoms in total. The number of rotatable bonds is 2. The molecule has 1 aromatic rings. The average molecular weight is 243 g/mol. The largest absolute Gasteiger partial charge is 0.378 e. The number of carbonyl (C=O) groups is 1. The lowest BCUT2D eigenvalue weighted by molar-refractivity contribution is 0.0874. The molecule has 4 heteroatoms. The van der Waals surface area contributed by atoms with Crippen LogP contribution in [0.1, 0.15) is 23.7 Å². The van der Waals surface area contributed by atoms with Crippen LogP contribution in [0, 0.1) is 11.7 Å². The molecule has 1 aliphatic rings. The summed E-state index contributed by atoms with van der Waals surface area (Å²) in [6, 6.07) is 4.12. The first kappa shape index (κ1) is 11.6. The highest BCUT2D eigenvalue weighted by Gasteiger charge is 2.30. The van der Waals surface area contributed by atoms with Gasteiger partial charge in [-0.3, -0.25) is 4.79 Å².